The number of carbonyl (C=O) groups is 6. The van der Waals surface area contributed by atoms with Crippen LogP contribution in [0.4, 0.5) is 13.6 Å². The van der Waals surface area contributed by atoms with Crippen molar-refractivity contribution in [1.82, 2.24) is 16.0 Å². The van der Waals surface area contributed by atoms with E-state index in [1.807, 2.05) is 6.07 Å². The minimum absolute atomic E-state index is 0.0120. The number of Topliss-reactive ketones (excluding diaryl/α,β-unsaturated/α-hetero) is 1. The maximum atomic E-state index is 12.5. The van der Waals surface area contributed by atoms with Crippen molar-refractivity contribution in [3.63, 3.8) is 0 Å². The van der Waals surface area contributed by atoms with Crippen molar-refractivity contribution in [2.45, 2.75) is 51.9 Å². The zero-order chi connectivity index (χ0) is 28.5. The molecule has 1 aromatic rings. The standard InChI is InChI=1S/C20H27N3O8.C3H4F2O/c1-11(2)16(23-20(30)31-10-13-7-5-4-6-8-13)18(27)21-12(3)17(26)22-14(19(28)29)9-15(24)25;4-1-3(6)2-5/h4-8,11-12,14,16H,9-10H2,1-3H3,(H,21,27)(H,22,26)(H,23,30)(H,24,25)(H,28,29);1-2H2. The smallest absolute Gasteiger partial charge is 0.408 e. The molecular weight excluding hydrogens is 500 g/mol. The second-order valence-electron chi connectivity index (χ2n) is 7.96. The van der Waals surface area contributed by atoms with Crippen molar-refractivity contribution >= 4 is 35.6 Å². The number of hydrogen-bond acceptors (Lipinski definition) is 7. The van der Waals surface area contributed by atoms with E-state index in [0.717, 1.165) is 5.56 Å². The molecule has 14 heteroatoms. The SMILES string of the molecule is CC(NC(=O)C(NC(=O)OCc1ccccc1)C(C)C)C(=O)NC(CC(=O)O)C(=O)O.O=C(CF)CF. The summed E-state index contributed by atoms with van der Waals surface area (Å²) in [6, 6.07) is 5.11. The van der Waals surface area contributed by atoms with E-state index in [1.165, 1.54) is 6.92 Å². The lowest BCUT2D eigenvalue weighted by molar-refractivity contribution is -0.147. The average Bonchev–Trinajstić information content (AvgIpc) is 2.85. The van der Waals surface area contributed by atoms with Crippen LogP contribution in [0, 0.1) is 5.92 Å². The number of ketones is 1. The van der Waals surface area contributed by atoms with Gasteiger partial charge in [0.1, 0.15) is 24.7 Å². The maximum Gasteiger partial charge on any atom is 0.408 e. The quantitative estimate of drug-likeness (QED) is 0.247. The molecular formula is C23H31F2N3O9. The Morgan fingerprint density at radius 3 is 1.86 bits per heavy atom. The summed E-state index contributed by atoms with van der Waals surface area (Å²) in [5.74, 6) is -5.82. The van der Waals surface area contributed by atoms with Gasteiger partial charge >= 0.3 is 18.0 Å². The van der Waals surface area contributed by atoms with E-state index >= 15 is 0 Å². The van der Waals surface area contributed by atoms with Gasteiger partial charge in [-0.25, -0.2) is 18.4 Å². The topological polar surface area (TPSA) is 188 Å². The van der Waals surface area contributed by atoms with Crippen LogP contribution in [0.2, 0.25) is 0 Å². The fourth-order valence-electron chi connectivity index (χ4n) is 2.50. The van der Waals surface area contributed by atoms with Crippen LogP contribution in [-0.4, -0.2) is 77.3 Å². The Hall–Kier alpha value is -4.10. The van der Waals surface area contributed by atoms with Gasteiger partial charge in [0, 0.05) is 0 Å². The lowest BCUT2D eigenvalue weighted by Crippen LogP contribution is -2.56. The summed E-state index contributed by atoms with van der Waals surface area (Å²) >= 11 is 0. The number of hydrogen-bond donors (Lipinski definition) is 5. The number of alkyl carbamates (subject to hydrolysis) is 1. The summed E-state index contributed by atoms with van der Waals surface area (Å²) in [5.41, 5.74) is 0.767. The Balaban J connectivity index is 0.00000192. The van der Waals surface area contributed by atoms with Crippen molar-refractivity contribution in [2.75, 3.05) is 13.3 Å². The van der Waals surface area contributed by atoms with Crippen molar-refractivity contribution in [3.8, 4) is 0 Å². The number of aliphatic carboxylic acids is 2. The van der Waals surface area contributed by atoms with Gasteiger partial charge in [-0.3, -0.25) is 19.2 Å². The molecule has 0 saturated carbocycles. The summed E-state index contributed by atoms with van der Waals surface area (Å²) in [4.78, 5) is 68.0. The molecule has 0 heterocycles. The zero-order valence-electron chi connectivity index (χ0n) is 20.5. The highest BCUT2D eigenvalue weighted by atomic mass is 19.1. The average molecular weight is 532 g/mol. The molecule has 3 atom stereocenters. The van der Waals surface area contributed by atoms with Gasteiger partial charge in [0.15, 0.2) is 19.1 Å². The Labute approximate surface area is 211 Å². The molecule has 0 aliphatic heterocycles. The fraction of sp³-hybridized carbons (Fsp3) is 0.478. The third kappa shape index (κ3) is 14.1. The summed E-state index contributed by atoms with van der Waals surface area (Å²) < 4.78 is 26.7. The van der Waals surface area contributed by atoms with Crippen LogP contribution in [0.5, 0.6) is 0 Å². The second-order valence-corrected chi connectivity index (χ2v) is 7.96. The number of carboxylic acids is 2. The molecule has 0 aromatic heterocycles. The maximum absolute atomic E-state index is 12.5. The summed E-state index contributed by atoms with van der Waals surface area (Å²) in [6.45, 7) is 2.31. The van der Waals surface area contributed by atoms with Gasteiger partial charge in [0.2, 0.25) is 11.8 Å². The van der Waals surface area contributed by atoms with E-state index in [0.29, 0.717) is 0 Å². The number of carboxylic acid groups (broad SMARTS) is 2. The van der Waals surface area contributed by atoms with E-state index in [1.54, 1.807) is 38.1 Å². The first kappa shape index (κ1) is 32.9. The molecule has 1 rings (SSSR count). The third-order valence-electron chi connectivity index (χ3n) is 4.48. The highest BCUT2D eigenvalue weighted by molar-refractivity contribution is 5.93. The second kappa shape index (κ2) is 17.3. The van der Waals surface area contributed by atoms with Crippen LogP contribution < -0.4 is 16.0 Å². The number of benzene rings is 1. The van der Waals surface area contributed by atoms with Crippen molar-refractivity contribution < 1.29 is 52.5 Å². The monoisotopic (exact) mass is 531 g/mol. The first-order chi connectivity index (χ1) is 17.3. The number of amides is 3. The largest absolute Gasteiger partial charge is 0.481 e. The minimum Gasteiger partial charge on any atom is -0.481 e. The van der Waals surface area contributed by atoms with Crippen molar-refractivity contribution in [1.29, 1.82) is 0 Å². The lowest BCUT2D eigenvalue weighted by Gasteiger charge is -2.24. The summed E-state index contributed by atoms with van der Waals surface area (Å²) in [6.07, 6.45) is -1.63. The van der Waals surface area contributed by atoms with E-state index < -0.39 is 73.5 Å². The van der Waals surface area contributed by atoms with Gasteiger partial charge in [0.25, 0.3) is 0 Å². The molecule has 1 aromatic carbocycles. The Morgan fingerprint density at radius 2 is 1.43 bits per heavy atom. The van der Waals surface area contributed by atoms with Crippen LogP contribution in [0.25, 0.3) is 0 Å². The van der Waals surface area contributed by atoms with Gasteiger partial charge in [0.05, 0.1) is 6.42 Å². The van der Waals surface area contributed by atoms with Gasteiger partial charge in [-0.15, -0.1) is 0 Å². The van der Waals surface area contributed by atoms with Crippen LogP contribution >= 0.6 is 0 Å². The Kier molecular flexibility index (Phi) is 15.4. The molecule has 206 valence electrons. The summed E-state index contributed by atoms with van der Waals surface area (Å²) in [5, 5.41) is 24.6. The van der Waals surface area contributed by atoms with E-state index in [4.69, 9.17) is 14.9 Å². The lowest BCUT2D eigenvalue weighted by atomic mass is 10.0. The third-order valence-corrected chi connectivity index (χ3v) is 4.48. The first-order valence-corrected chi connectivity index (χ1v) is 11.0. The normalized spacial score (nSPS) is 12.6. The van der Waals surface area contributed by atoms with Crippen LogP contribution in [0.1, 0.15) is 32.8 Å². The Bertz CT molecular complexity index is 923. The van der Waals surface area contributed by atoms with Gasteiger partial charge in [-0.1, -0.05) is 44.2 Å². The molecule has 0 aliphatic rings. The summed E-state index contributed by atoms with van der Waals surface area (Å²) in [7, 11) is 0. The van der Waals surface area contributed by atoms with Crippen molar-refractivity contribution in [2.24, 2.45) is 5.92 Å². The number of nitrogens with one attached hydrogen (secondary N) is 3. The van der Waals surface area contributed by atoms with E-state index in [2.05, 4.69) is 16.0 Å². The molecule has 0 aliphatic carbocycles. The highest BCUT2D eigenvalue weighted by Crippen LogP contribution is 2.05. The molecule has 3 unspecified atom stereocenters. The number of alkyl halides is 2. The predicted octanol–water partition coefficient (Wildman–Crippen LogP) is 0.981. The molecule has 37 heavy (non-hydrogen) atoms. The van der Waals surface area contributed by atoms with Gasteiger partial charge in [-0.05, 0) is 18.4 Å². The molecule has 0 radical (unpaired) electrons. The van der Waals surface area contributed by atoms with E-state index in [-0.39, 0.29) is 12.5 Å². The van der Waals surface area contributed by atoms with Crippen molar-refractivity contribution in [3.05, 3.63) is 35.9 Å². The van der Waals surface area contributed by atoms with Crippen LogP contribution in [0.15, 0.2) is 30.3 Å². The molecule has 5 N–H and O–H groups in total. The fourth-order valence-corrected chi connectivity index (χ4v) is 2.50. The number of halogens is 2. The molecule has 0 saturated heterocycles. The predicted molar refractivity (Wildman–Crippen MR) is 125 cm³/mol. The van der Waals surface area contributed by atoms with Crippen LogP contribution in [0.3, 0.4) is 0 Å². The van der Waals surface area contributed by atoms with Gasteiger partial charge < -0.3 is 30.9 Å². The number of ether oxygens (including phenoxy) is 1. The number of rotatable bonds is 13. The molecule has 0 spiro atoms. The van der Waals surface area contributed by atoms with Gasteiger partial charge in [-0.2, -0.15) is 0 Å². The Morgan fingerprint density at radius 1 is 0.865 bits per heavy atom. The molecule has 0 bridgehead atoms. The van der Waals surface area contributed by atoms with Crippen LogP contribution in [-0.2, 0) is 35.3 Å². The minimum atomic E-state index is -1.64. The molecule has 0 fully saturated rings. The van der Waals surface area contributed by atoms with E-state index in [9.17, 15) is 37.5 Å². The molecule has 12 nitrogen and oxygen atoms in total. The number of carbonyl (C=O) groups excluding carboxylic acids is 4. The zero-order valence-corrected chi connectivity index (χ0v) is 20.5. The highest BCUT2D eigenvalue weighted by Gasteiger charge is 2.30. The molecule has 3 amide bonds. The first-order valence-electron chi connectivity index (χ1n) is 11.0.